The number of hydrogen-bond donors (Lipinski definition) is 3. The van der Waals surface area contributed by atoms with Crippen LogP contribution in [0.2, 0.25) is 0 Å². The molecule has 0 saturated heterocycles. The molecule has 4 N–H and O–H groups in total. The molecule has 62 heavy (non-hydrogen) atoms. The van der Waals surface area contributed by atoms with Crippen molar-refractivity contribution in [3.8, 4) is 0 Å². The zero-order valence-electron chi connectivity index (χ0n) is 39.2. The zero-order valence-corrected chi connectivity index (χ0v) is 40.1. The van der Waals surface area contributed by atoms with Crippen LogP contribution in [0, 0.1) is 0 Å². The van der Waals surface area contributed by atoms with E-state index in [9.17, 15) is 23.8 Å². The van der Waals surface area contributed by atoms with E-state index < -0.39 is 51.1 Å². The average molecular weight is 896 g/mol. The Morgan fingerprint density at radius 3 is 1.34 bits per heavy atom. The summed E-state index contributed by atoms with van der Waals surface area (Å²) >= 11 is 0. The number of hydrogen-bond acceptors (Lipinski definition) is 9. The van der Waals surface area contributed by atoms with Gasteiger partial charge in [0.05, 0.1) is 13.2 Å². The first-order valence-corrected chi connectivity index (χ1v) is 26.2. The standard InChI is InChI=1S/C50H90NO10P/c1-3-5-7-9-11-13-15-17-19-21-22-23-24-26-27-29-31-33-35-37-39-41-48(52)58-43-46(44-59-62(56,57)60-45-47(51)50(54)55)61-49(53)42-40-38-36-34-32-30-28-25-20-18-16-14-12-10-8-6-4-2/h8,10,14,16,20,25,30,32,46-47H,3-7,9,11-13,15,17-19,21-24,26-29,31,33-45,51H2,1-2H3,(H,54,55)(H,56,57)/b10-8+,16-14+,25-20+,32-30+/t46-,47+/m1/s1. The molecule has 11 nitrogen and oxygen atoms in total. The molecule has 0 aliphatic carbocycles. The van der Waals surface area contributed by atoms with Gasteiger partial charge < -0.3 is 25.2 Å². The predicted molar refractivity (Wildman–Crippen MR) is 254 cm³/mol. The van der Waals surface area contributed by atoms with E-state index in [2.05, 4.69) is 67.0 Å². The number of nitrogens with two attached hydrogens (primary N) is 1. The fraction of sp³-hybridized carbons (Fsp3) is 0.780. The summed E-state index contributed by atoms with van der Waals surface area (Å²) in [7, 11) is -4.73. The van der Waals surface area contributed by atoms with Crippen molar-refractivity contribution in [3.63, 3.8) is 0 Å². The van der Waals surface area contributed by atoms with Crippen LogP contribution in [-0.2, 0) is 37.5 Å². The van der Waals surface area contributed by atoms with Gasteiger partial charge in [-0.25, -0.2) is 4.57 Å². The number of carboxylic acid groups (broad SMARTS) is 1. The van der Waals surface area contributed by atoms with Crippen LogP contribution in [0.1, 0.15) is 219 Å². The molecule has 0 rings (SSSR count). The van der Waals surface area contributed by atoms with Gasteiger partial charge in [-0.15, -0.1) is 0 Å². The van der Waals surface area contributed by atoms with Gasteiger partial charge in [0.15, 0.2) is 6.10 Å². The monoisotopic (exact) mass is 896 g/mol. The molecule has 0 aliphatic heterocycles. The molecule has 0 radical (unpaired) electrons. The predicted octanol–water partition coefficient (Wildman–Crippen LogP) is 13.7. The molecule has 360 valence electrons. The summed E-state index contributed by atoms with van der Waals surface area (Å²) in [5, 5.41) is 8.91. The number of phosphoric ester groups is 1. The van der Waals surface area contributed by atoms with Gasteiger partial charge in [-0.2, -0.15) is 0 Å². The third-order valence-corrected chi connectivity index (χ3v) is 11.5. The third-order valence-electron chi connectivity index (χ3n) is 10.6. The molecule has 0 aromatic rings. The number of carboxylic acids is 1. The van der Waals surface area contributed by atoms with Crippen molar-refractivity contribution in [1.82, 2.24) is 0 Å². The lowest BCUT2D eigenvalue weighted by molar-refractivity contribution is -0.161. The molecule has 1 unspecified atom stereocenters. The Kier molecular flexibility index (Phi) is 43.2. The van der Waals surface area contributed by atoms with Crippen molar-refractivity contribution < 1.29 is 47.5 Å². The molecule has 12 heteroatoms. The Labute approximate surface area is 377 Å². The first kappa shape index (κ1) is 59.4. The van der Waals surface area contributed by atoms with E-state index in [0.717, 1.165) is 64.2 Å². The number of carbonyl (C=O) groups excluding carboxylic acids is 2. The minimum Gasteiger partial charge on any atom is -0.480 e. The van der Waals surface area contributed by atoms with E-state index in [4.69, 9.17) is 24.8 Å². The molecule has 0 spiro atoms. The smallest absolute Gasteiger partial charge is 0.472 e. The van der Waals surface area contributed by atoms with E-state index in [0.29, 0.717) is 12.8 Å². The summed E-state index contributed by atoms with van der Waals surface area (Å²) in [6.45, 7) is 2.73. The van der Waals surface area contributed by atoms with Crippen LogP contribution >= 0.6 is 7.82 Å². The van der Waals surface area contributed by atoms with Crippen LogP contribution in [-0.4, -0.2) is 59.9 Å². The van der Waals surface area contributed by atoms with Gasteiger partial charge in [0.2, 0.25) is 0 Å². The molecule has 0 saturated carbocycles. The zero-order chi connectivity index (χ0) is 45.6. The van der Waals surface area contributed by atoms with Crippen LogP contribution in [0.5, 0.6) is 0 Å². The fourth-order valence-corrected chi connectivity index (χ4v) is 7.48. The lowest BCUT2D eigenvalue weighted by Crippen LogP contribution is -2.34. The number of esters is 2. The van der Waals surface area contributed by atoms with Gasteiger partial charge >= 0.3 is 25.7 Å². The lowest BCUT2D eigenvalue weighted by atomic mass is 10.0. The quantitative estimate of drug-likeness (QED) is 0.0230. The first-order chi connectivity index (χ1) is 30.1. The van der Waals surface area contributed by atoms with Crippen molar-refractivity contribution in [1.29, 1.82) is 0 Å². The maximum atomic E-state index is 12.7. The summed E-state index contributed by atoms with van der Waals surface area (Å²) in [6.07, 6.45) is 51.8. The highest BCUT2D eigenvalue weighted by Gasteiger charge is 2.28. The maximum absolute atomic E-state index is 12.7. The topological polar surface area (TPSA) is 172 Å². The minimum absolute atomic E-state index is 0.124. The number of carbonyl (C=O) groups is 3. The summed E-state index contributed by atoms with van der Waals surface area (Å²) in [4.78, 5) is 46.1. The van der Waals surface area contributed by atoms with E-state index in [-0.39, 0.29) is 19.4 Å². The average Bonchev–Trinajstić information content (AvgIpc) is 3.25. The second kappa shape index (κ2) is 45.0. The van der Waals surface area contributed by atoms with Crippen molar-refractivity contribution in [3.05, 3.63) is 48.6 Å². The second-order valence-electron chi connectivity index (χ2n) is 16.6. The van der Waals surface area contributed by atoms with Gasteiger partial charge in [-0.1, -0.05) is 204 Å². The highest BCUT2D eigenvalue weighted by molar-refractivity contribution is 7.47. The first-order valence-electron chi connectivity index (χ1n) is 24.7. The fourth-order valence-electron chi connectivity index (χ4n) is 6.70. The molecule has 0 bridgehead atoms. The van der Waals surface area contributed by atoms with Crippen molar-refractivity contribution in [2.24, 2.45) is 5.73 Å². The molecule has 0 aromatic heterocycles. The molecule has 3 atom stereocenters. The number of ether oxygens (including phenoxy) is 2. The van der Waals surface area contributed by atoms with Crippen molar-refractivity contribution in [2.45, 2.75) is 231 Å². The molecule has 0 amide bonds. The van der Waals surface area contributed by atoms with Crippen LogP contribution in [0.4, 0.5) is 0 Å². The minimum atomic E-state index is -4.73. The van der Waals surface area contributed by atoms with Crippen molar-refractivity contribution >= 4 is 25.7 Å². The summed E-state index contributed by atoms with van der Waals surface area (Å²) in [6, 6.07) is -1.53. The highest BCUT2D eigenvalue weighted by atomic mass is 31.2. The van der Waals surface area contributed by atoms with Gasteiger partial charge in [-0.3, -0.25) is 23.4 Å². The highest BCUT2D eigenvalue weighted by Crippen LogP contribution is 2.43. The Morgan fingerprint density at radius 2 is 0.887 bits per heavy atom. The summed E-state index contributed by atoms with van der Waals surface area (Å²) < 4.78 is 32.8. The van der Waals surface area contributed by atoms with E-state index in [1.54, 1.807) is 0 Å². The van der Waals surface area contributed by atoms with Crippen LogP contribution in [0.15, 0.2) is 48.6 Å². The summed E-state index contributed by atoms with van der Waals surface area (Å²) in [5.41, 5.74) is 5.34. The third kappa shape index (κ3) is 44.1. The lowest BCUT2D eigenvalue weighted by Gasteiger charge is -2.20. The van der Waals surface area contributed by atoms with Crippen LogP contribution < -0.4 is 5.73 Å². The van der Waals surface area contributed by atoms with E-state index in [1.807, 2.05) is 0 Å². The van der Waals surface area contributed by atoms with Gasteiger partial charge in [0, 0.05) is 12.8 Å². The molecule has 0 fully saturated rings. The second-order valence-corrected chi connectivity index (χ2v) is 18.1. The number of rotatable bonds is 46. The number of phosphoric acid groups is 1. The molecule has 0 heterocycles. The number of allylic oxidation sites excluding steroid dienone is 8. The SMILES string of the molecule is CCC/C=C/C/C=C/C/C=C/C/C=C/CCCCCC(=O)O[C@H](COC(=O)CCCCCCCCCCCCCCCCCCCCCCC)COP(=O)(O)OC[C@H](N)C(=O)O. The Morgan fingerprint density at radius 1 is 0.500 bits per heavy atom. The van der Waals surface area contributed by atoms with Crippen LogP contribution in [0.3, 0.4) is 0 Å². The Bertz CT molecular complexity index is 1240. The molecule has 0 aromatic carbocycles. The van der Waals surface area contributed by atoms with E-state index in [1.165, 1.54) is 116 Å². The van der Waals surface area contributed by atoms with Crippen molar-refractivity contribution in [2.75, 3.05) is 19.8 Å². The van der Waals surface area contributed by atoms with E-state index >= 15 is 0 Å². The Hall–Kier alpha value is -2.56. The number of aliphatic carboxylic acids is 1. The van der Waals surface area contributed by atoms with Crippen LogP contribution in [0.25, 0.3) is 0 Å². The largest absolute Gasteiger partial charge is 0.480 e. The number of unbranched alkanes of at least 4 members (excludes halogenated alkanes) is 24. The molecular weight excluding hydrogens is 806 g/mol. The normalized spacial score (nSPS) is 14.0. The Balaban J connectivity index is 4.29. The van der Waals surface area contributed by atoms with Gasteiger partial charge in [0.25, 0.3) is 0 Å². The summed E-state index contributed by atoms with van der Waals surface area (Å²) in [5.74, 6) is -2.41. The van der Waals surface area contributed by atoms with Gasteiger partial charge in [-0.05, 0) is 51.4 Å². The molecule has 0 aliphatic rings. The van der Waals surface area contributed by atoms with Gasteiger partial charge in [0.1, 0.15) is 12.6 Å². The maximum Gasteiger partial charge on any atom is 0.472 e. The molecular formula is C50H90NO10P.